The molecule has 0 bridgehead atoms. The summed E-state index contributed by atoms with van der Waals surface area (Å²) in [6.07, 6.45) is 8.60. The summed E-state index contributed by atoms with van der Waals surface area (Å²) in [5.41, 5.74) is 9.76. The summed E-state index contributed by atoms with van der Waals surface area (Å²) in [6.45, 7) is 2.00. The number of primary amides is 1. The van der Waals surface area contributed by atoms with E-state index >= 15 is 0 Å². The molecule has 10 heteroatoms. The van der Waals surface area contributed by atoms with Crippen LogP contribution >= 0.6 is 0 Å². The van der Waals surface area contributed by atoms with Crippen LogP contribution in [0.15, 0.2) is 71.5 Å². The number of hydrogen-bond donors (Lipinski definition) is 4. The number of rotatable bonds is 11. The normalized spacial score (nSPS) is 18.6. The van der Waals surface area contributed by atoms with Gasteiger partial charge in [0.25, 0.3) is 0 Å². The Labute approximate surface area is 226 Å². The summed E-state index contributed by atoms with van der Waals surface area (Å²) in [6, 6.07) is 17.0. The second-order valence-corrected chi connectivity index (χ2v) is 9.85. The SMILES string of the molecule is CC(O)c1nccn1C(/C=C/c1ccc(-c2ccc(C3CC(NCc4noc(C(N)=O)n4)C3)cc2)cc1)CO. The van der Waals surface area contributed by atoms with E-state index in [1.807, 2.05) is 12.2 Å². The average molecular weight is 529 g/mol. The molecule has 202 valence electrons. The molecule has 0 spiro atoms. The summed E-state index contributed by atoms with van der Waals surface area (Å²) in [5.74, 6) is 0.557. The molecule has 0 aliphatic heterocycles. The van der Waals surface area contributed by atoms with Crippen molar-refractivity contribution in [1.82, 2.24) is 25.0 Å². The van der Waals surface area contributed by atoms with E-state index in [4.69, 9.17) is 10.3 Å². The van der Waals surface area contributed by atoms with Crippen molar-refractivity contribution in [2.45, 2.75) is 50.4 Å². The van der Waals surface area contributed by atoms with Crippen LogP contribution in [-0.2, 0) is 6.54 Å². The molecule has 2 unspecified atom stereocenters. The standard InChI is InChI=1S/C29H32N6O4/c1-18(37)28-31-12-13-35(28)25(17-36)11-4-19-2-5-20(6-3-19)21-7-9-22(10-8-21)23-14-24(15-23)32-16-26-33-29(27(30)38)39-34-26/h2-13,18,23-25,32,36-37H,14-17H2,1H3,(H2,30,38)/b11-4+. The third-order valence-corrected chi connectivity index (χ3v) is 7.12. The fourth-order valence-corrected chi connectivity index (χ4v) is 4.84. The lowest BCUT2D eigenvalue weighted by molar-refractivity contribution is 0.0958. The predicted molar refractivity (Wildman–Crippen MR) is 145 cm³/mol. The molecule has 5 rings (SSSR count). The topological polar surface area (TPSA) is 152 Å². The highest BCUT2D eigenvalue weighted by molar-refractivity contribution is 5.87. The Balaban J connectivity index is 1.13. The van der Waals surface area contributed by atoms with E-state index in [1.54, 1.807) is 23.9 Å². The molecule has 4 aromatic rings. The van der Waals surface area contributed by atoms with Gasteiger partial charge in [0.2, 0.25) is 0 Å². The number of amides is 1. The first kappa shape index (κ1) is 26.5. The Kier molecular flexibility index (Phi) is 7.97. The first-order valence-electron chi connectivity index (χ1n) is 13.0. The number of nitrogens with zero attached hydrogens (tertiary/aromatic N) is 4. The largest absolute Gasteiger partial charge is 0.394 e. The van der Waals surface area contributed by atoms with Gasteiger partial charge in [-0.05, 0) is 47.9 Å². The molecule has 39 heavy (non-hydrogen) atoms. The number of hydrogen-bond acceptors (Lipinski definition) is 8. The Morgan fingerprint density at radius 2 is 1.87 bits per heavy atom. The Morgan fingerprint density at radius 1 is 1.18 bits per heavy atom. The molecular weight excluding hydrogens is 496 g/mol. The molecule has 2 aromatic carbocycles. The van der Waals surface area contributed by atoms with Gasteiger partial charge in [0, 0.05) is 18.4 Å². The van der Waals surface area contributed by atoms with Gasteiger partial charge in [0.15, 0.2) is 5.82 Å². The van der Waals surface area contributed by atoms with Gasteiger partial charge in [-0.15, -0.1) is 0 Å². The summed E-state index contributed by atoms with van der Waals surface area (Å²) >= 11 is 0. The Bertz CT molecular complexity index is 1420. The van der Waals surface area contributed by atoms with Gasteiger partial charge < -0.3 is 30.4 Å². The van der Waals surface area contributed by atoms with Crippen LogP contribution in [-0.4, -0.2) is 48.5 Å². The number of carbonyl (C=O) groups excluding carboxylic acids is 1. The molecule has 1 aliphatic carbocycles. The van der Waals surface area contributed by atoms with Crippen LogP contribution in [0.2, 0.25) is 0 Å². The van der Waals surface area contributed by atoms with Gasteiger partial charge in [-0.25, -0.2) is 4.98 Å². The molecule has 1 fully saturated rings. The van der Waals surface area contributed by atoms with E-state index in [0.29, 0.717) is 30.2 Å². The molecule has 2 aromatic heterocycles. The maximum atomic E-state index is 11.1. The third-order valence-electron chi connectivity index (χ3n) is 7.12. The number of aromatic nitrogens is 4. The summed E-state index contributed by atoms with van der Waals surface area (Å²) < 4.78 is 6.59. The van der Waals surface area contributed by atoms with Crippen molar-refractivity contribution < 1.29 is 19.5 Å². The molecular formula is C29H32N6O4. The molecule has 1 aliphatic rings. The van der Waals surface area contributed by atoms with Crippen LogP contribution < -0.4 is 11.1 Å². The van der Waals surface area contributed by atoms with Gasteiger partial charge in [0.05, 0.1) is 19.2 Å². The van der Waals surface area contributed by atoms with Gasteiger partial charge in [-0.2, -0.15) is 4.98 Å². The van der Waals surface area contributed by atoms with Crippen molar-refractivity contribution >= 4 is 12.0 Å². The molecule has 1 saturated carbocycles. The minimum atomic E-state index is -0.723. The highest BCUT2D eigenvalue weighted by Crippen LogP contribution is 2.37. The lowest BCUT2D eigenvalue weighted by Gasteiger charge is -2.36. The maximum Gasteiger partial charge on any atom is 0.315 e. The summed E-state index contributed by atoms with van der Waals surface area (Å²) in [4.78, 5) is 19.2. The number of imidazole rings is 1. The highest BCUT2D eigenvalue weighted by Gasteiger charge is 2.30. The number of nitrogens with two attached hydrogens (primary N) is 1. The van der Waals surface area contributed by atoms with E-state index in [2.05, 4.69) is 69.0 Å². The van der Waals surface area contributed by atoms with Crippen molar-refractivity contribution in [3.8, 4) is 11.1 Å². The lowest BCUT2D eigenvalue weighted by Crippen LogP contribution is -2.39. The van der Waals surface area contributed by atoms with Gasteiger partial charge >= 0.3 is 11.8 Å². The average Bonchev–Trinajstić information content (AvgIpc) is 3.60. The van der Waals surface area contributed by atoms with Crippen molar-refractivity contribution in [1.29, 1.82) is 0 Å². The summed E-state index contributed by atoms with van der Waals surface area (Å²) in [7, 11) is 0. The van der Waals surface area contributed by atoms with Crippen molar-refractivity contribution in [2.75, 3.05) is 6.61 Å². The maximum absolute atomic E-state index is 11.1. The predicted octanol–water partition coefficient (Wildman–Crippen LogP) is 3.37. The van der Waals surface area contributed by atoms with E-state index in [1.165, 1.54) is 5.56 Å². The Morgan fingerprint density at radius 3 is 2.49 bits per heavy atom. The van der Waals surface area contributed by atoms with E-state index in [0.717, 1.165) is 29.5 Å². The van der Waals surface area contributed by atoms with Crippen molar-refractivity contribution in [3.05, 3.63) is 95.7 Å². The van der Waals surface area contributed by atoms with Crippen LogP contribution in [0.4, 0.5) is 0 Å². The number of nitrogens with one attached hydrogen (secondary N) is 1. The first-order chi connectivity index (χ1) is 18.9. The van der Waals surface area contributed by atoms with Crippen LogP contribution in [0.25, 0.3) is 17.2 Å². The highest BCUT2D eigenvalue weighted by atomic mass is 16.5. The van der Waals surface area contributed by atoms with Crippen LogP contribution in [0, 0.1) is 0 Å². The minimum Gasteiger partial charge on any atom is -0.394 e. The number of aliphatic hydroxyl groups excluding tert-OH is 2. The van der Waals surface area contributed by atoms with E-state index in [-0.39, 0.29) is 18.5 Å². The second kappa shape index (κ2) is 11.7. The van der Waals surface area contributed by atoms with Crippen LogP contribution in [0.1, 0.15) is 71.3 Å². The van der Waals surface area contributed by atoms with Gasteiger partial charge in [0.1, 0.15) is 11.9 Å². The molecule has 0 radical (unpaired) electrons. The fraction of sp³-hybridized carbons (Fsp3) is 0.310. The third kappa shape index (κ3) is 6.14. The molecule has 10 nitrogen and oxygen atoms in total. The summed E-state index contributed by atoms with van der Waals surface area (Å²) in [5, 5.41) is 26.9. The molecule has 2 atom stereocenters. The van der Waals surface area contributed by atoms with Crippen LogP contribution in [0.5, 0.6) is 0 Å². The quantitative estimate of drug-likeness (QED) is 0.231. The van der Waals surface area contributed by atoms with Crippen LogP contribution in [0.3, 0.4) is 0 Å². The Hall–Kier alpha value is -4.12. The van der Waals surface area contributed by atoms with E-state index in [9.17, 15) is 15.0 Å². The number of benzene rings is 2. The smallest absolute Gasteiger partial charge is 0.315 e. The lowest BCUT2D eigenvalue weighted by atomic mass is 9.75. The zero-order valence-corrected chi connectivity index (χ0v) is 21.6. The van der Waals surface area contributed by atoms with Crippen molar-refractivity contribution in [2.24, 2.45) is 5.73 Å². The van der Waals surface area contributed by atoms with E-state index < -0.39 is 12.0 Å². The number of carbonyl (C=O) groups is 1. The molecule has 5 N–H and O–H groups in total. The van der Waals surface area contributed by atoms with Crippen molar-refractivity contribution in [3.63, 3.8) is 0 Å². The molecule has 0 saturated heterocycles. The molecule has 1 amide bonds. The second-order valence-electron chi connectivity index (χ2n) is 9.85. The fourth-order valence-electron chi connectivity index (χ4n) is 4.84. The zero-order valence-electron chi connectivity index (χ0n) is 21.6. The molecule has 2 heterocycles. The number of aliphatic hydroxyl groups is 2. The monoisotopic (exact) mass is 528 g/mol. The van der Waals surface area contributed by atoms with Gasteiger partial charge in [-0.1, -0.05) is 65.8 Å². The first-order valence-corrected chi connectivity index (χ1v) is 13.0. The minimum absolute atomic E-state index is 0.0918. The zero-order chi connectivity index (χ0) is 27.4. The van der Waals surface area contributed by atoms with Gasteiger partial charge in [-0.3, -0.25) is 4.79 Å².